The molecule has 0 unspecified atom stereocenters. The summed E-state index contributed by atoms with van der Waals surface area (Å²) < 4.78 is 42.4. The molecule has 0 aliphatic rings. The number of sulfonamides is 1. The summed E-state index contributed by atoms with van der Waals surface area (Å²) in [7, 11) is -3.67. The fraction of sp³-hybridized carbons (Fsp3) is 0.238. The van der Waals surface area contributed by atoms with Crippen LogP contribution in [0.2, 0.25) is 0 Å². The zero-order valence-electron chi connectivity index (χ0n) is 17.1. The van der Waals surface area contributed by atoms with Gasteiger partial charge in [-0.15, -0.1) is 0 Å². The van der Waals surface area contributed by atoms with Crippen LogP contribution in [0, 0.1) is 5.82 Å². The van der Waals surface area contributed by atoms with Gasteiger partial charge in [0.25, 0.3) is 5.91 Å². The number of benzene rings is 2. The Morgan fingerprint density at radius 2 is 1.94 bits per heavy atom. The average Bonchev–Trinajstić information content (AvgIpc) is 3.19. The minimum Gasteiger partial charge on any atom is -0.321 e. The third-order valence-electron chi connectivity index (χ3n) is 4.45. The lowest BCUT2D eigenvalue weighted by atomic mass is 10.3. The molecule has 31 heavy (non-hydrogen) atoms. The van der Waals surface area contributed by atoms with E-state index in [1.807, 2.05) is 13.2 Å². The van der Waals surface area contributed by atoms with Crippen molar-refractivity contribution >= 4 is 33.4 Å². The van der Waals surface area contributed by atoms with Crippen LogP contribution >= 0.6 is 11.8 Å². The van der Waals surface area contributed by atoms with Crippen LogP contribution in [-0.4, -0.2) is 36.7 Å². The Hall–Kier alpha value is -2.69. The maximum absolute atomic E-state index is 13.3. The lowest BCUT2D eigenvalue weighted by molar-refractivity contribution is 0.102. The van der Waals surface area contributed by atoms with Gasteiger partial charge in [-0.3, -0.25) is 9.36 Å². The van der Waals surface area contributed by atoms with Crippen LogP contribution in [0.1, 0.15) is 30.3 Å². The van der Waals surface area contributed by atoms with E-state index >= 15 is 0 Å². The number of rotatable bonds is 9. The Morgan fingerprint density at radius 3 is 2.61 bits per heavy atom. The summed E-state index contributed by atoms with van der Waals surface area (Å²) >= 11 is 1.34. The van der Waals surface area contributed by atoms with Crippen LogP contribution in [0.4, 0.5) is 10.1 Å². The van der Waals surface area contributed by atoms with Gasteiger partial charge in [0.2, 0.25) is 10.0 Å². The second kappa shape index (κ2) is 10.1. The molecule has 3 aromatic rings. The number of amides is 1. The minimum atomic E-state index is -3.67. The molecule has 1 heterocycles. The van der Waals surface area contributed by atoms with E-state index in [0.717, 1.165) is 12.8 Å². The Balaban J connectivity index is 1.86. The van der Waals surface area contributed by atoms with Gasteiger partial charge in [-0.25, -0.2) is 22.5 Å². The Morgan fingerprint density at radius 1 is 1.19 bits per heavy atom. The molecule has 0 atom stereocenters. The number of aromatic nitrogens is 2. The van der Waals surface area contributed by atoms with E-state index in [9.17, 15) is 17.6 Å². The number of halogens is 1. The van der Waals surface area contributed by atoms with Crippen molar-refractivity contribution in [1.29, 1.82) is 0 Å². The van der Waals surface area contributed by atoms with Gasteiger partial charge in [0.15, 0.2) is 5.16 Å². The standard InChI is InChI=1S/C21H23FN4O3S2/c1-3-4-12-24-31(28,29)18-7-5-6-16(13-18)25-20(27)19-14-23-21(30-2)26(19)17-10-8-15(22)9-11-17/h5-11,13-14,24H,3-4,12H2,1-2H3,(H,25,27). The molecule has 0 saturated heterocycles. The van der Waals surface area contributed by atoms with Crippen LogP contribution in [-0.2, 0) is 10.0 Å². The van der Waals surface area contributed by atoms with Crippen LogP contribution in [0.25, 0.3) is 5.69 Å². The topological polar surface area (TPSA) is 93.1 Å². The van der Waals surface area contributed by atoms with Crippen molar-refractivity contribution < 1.29 is 17.6 Å². The highest BCUT2D eigenvalue weighted by atomic mass is 32.2. The predicted molar refractivity (Wildman–Crippen MR) is 120 cm³/mol. The Bertz CT molecular complexity index is 1160. The molecule has 2 N–H and O–H groups in total. The fourth-order valence-corrected chi connectivity index (χ4v) is 4.55. The summed E-state index contributed by atoms with van der Waals surface area (Å²) in [5.74, 6) is -0.850. The molecule has 7 nitrogen and oxygen atoms in total. The van der Waals surface area contributed by atoms with Crippen LogP contribution < -0.4 is 10.0 Å². The molecule has 10 heteroatoms. The first-order valence-electron chi connectivity index (χ1n) is 9.64. The second-order valence-electron chi connectivity index (χ2n) is 6.68. The predicted octanol–water partition coefficient (Wildman–Crippen LogP) is 4.06. The normalized spacial score (nSPS) is 11.5. The van der Waals surface area contributed by atoms with E-state index in [2.05, 4.69) is 15.0 Å². The van der Waals surface area contributed by atoms with Crippen molar-refractivity contribution in [2.24, 2.45) is 0 Å². The van der Waals surface area contributed by atoms with Crippen LogP contribution in [0.3, 0.4) is 0 Å². The summed E-state index contributed by atoms with van der Waals surface area (Å²) in [6.45, 7) is 2.33. The quantitative estimate of drug-likeness (QED) is 0.369. The van der Waals surface area contributed by atoms with Crippen molar-refractivity contribution in [2.45, 2.75) is 29.8 Å². The smallest absolute Gasteiger partial charge is 0.274 e. The molecular formula is C21H23FN4O3S2. The molecule has 0 aliphatic heterocycles. The first-order valence-corrected chi connectivity index (χ1v) is 12.3. The number of anilines is 1. The summed E-state index contributed by atoms with van der Waals surface area (Å²) in [5.41, 5.74) is 1.16. The first-order chi connectivity index (χ1) is 14.9. The zero-order chi connectivity index (χ0) is 22.4. The average molecular weight is 463 g/mol. The van der Waals surface area contributed by atoms with Gasteiger partial charge >= 0.3 is 0 Å². The van der Waals surface area contributed by atoms with Crippen LogP contribution in [0.15, 0.2) is 64.8 Å². The number of hydrogen-bond donors (Lipinski definition) is 2. The van der Waals surface area contributed by atoms with Gasteiger partial charge in [0.05, 0.1) is 11.1 Å². The number of unbranched alkanes of at least 4 members (excludes halogenated alkanes) is 1. The highest BCUT2D eigenvalue weighted by Crippen LogP contribution is 2.23. The monoisotopic (exact) mass is 462 g/mol. The van der Waals surface area contributed by atoms with Gasteiger partial charge in [0.1, 0.15) is 11.5 Å². The molecule has 3 rings (SSSR count). The Labute approximate surface area is 185 Å². The highest BCUT2D eigenvalue weighted by Gasteiger charge is 2.19. The van der Waals surface area contributed by atoms with E-state index in [-0.39, 0.29) is 16.4 Å². The summed E-state index contributed by atoms with van der Waals surface area (Å²) in [6.07, 6.45) is 4.86. The van der Waals surface area contributed by atoms with Crippen molar-refractivity contribution in [3.8, 4) is 5.69 Å². The van der Waals surface area contributed by atoms with Crippen molar-refractivity contribution in [1.82, 2.24) is 14.3 Å². The van der Waals surface area contributed by atoms with Gasteiger partial charge < -0.3 is 5.32 Å². The highest BCUT2D eigenvalue weighted by molar-refractivity contribution is 7.98. The number of hydrogen-bond acceptors (Lipinski definition) is 5. The van der Waals surface area contributed by atoms with E-state index in [4.69, 9.17) is 0 Å². The summed E-state index contributed by atoms with van der Waals surface area (Å²) in [5, 5.41) is 3.28. The first kappa shape index (κ1) is 23.0. The number of carbonyl (C=O) groups excluding carboxylic acids is 1. The summed E-state index contributed by atoms with van der Waals surface area (Å²) in [4.78, 5) is 17.3. The number of imidazole rings is 1. The third kappa shape index (κ3) is 5.52. The molecule has 0 fully saturated rings. The lowest BCUT2D eigenvalue weighted by Crippen LogP contribution is -2.25. The van der Waals surface area contributed by atoms with E-state index in [1.165, 1.54) is 42.2 Å². The molecule has 1 amide bonds. The van der Waals surface area contributed by atoms with Gasteiger partial charge in [-0.05, 0) is 55.1 Å². The number of nitrogens with zero attached hydrogens (tertiary/aromatic N) is 2. The van der Waals surface area contributed by atoms with Crippen molar-refractivity contribution in [2.75, 3.05) is 18.1 Å². The molecule has 0 saturated carbocycles. The van der Waals surface area contributed by atoms with Crippen LogP contribution in [0.5, 0.6) is 0 Å². The number of thioether (sulfide) groups is 1. The maximum atomic E-state index is 13.3. The minimum absolute atomic E-state index is 0.0678. The Kier molecular flexibility index (Phi) is 7.47. The summed E-state index contributed by atoms with van der Waals surface area (Å²) in [6, 6.07) is 11.8. The van der Waals surface area contributed by atoms with Crippen molar-refractivity contribution in [3.05, 3.63) is 66.2 Å². The SMILES string of the molecule is CCCCNS(=O)(=O)c1cccc(NC(=O)c2cnc(SC)n2-c2ccc(F)cc2)c1. The van der Waals surface area contributed by atoms with E-state index < -0.39 is 15.9 Å². The molecule has 2 aromatic carbocycles. The van der Waals surface area contributed by atoms with Gasteiger partial charge in [0, 0.05) is 17.9 Å². The van der Waals surface area contributed by atoms with E-state index in [1.54, 1.807) is 28.8 Å². The van der Waals surface area contributed by atoms with E-state index in [0.29, 0.717) is 23.1 Å². The molecule has 0 bridgehead atoms. The third-order valence-corrected chi connectivity index (χ3v) is 6.57. The molecule has 164 valence electrons. The molecule has 0 radical (unpaired) electrons. The second-order valence-corrected chi connectivity index (χ2v) is 9.22. The number of carbonyl (C=O) groups is 1. The number of nitrogens with one attached hydrogen (secondary N) is 2. The maximum Gasteiger partial charge on any atom is 0.274 e. The fourth-order valence-electron chi connectivity index (χ4n) is 2.88. The largest absolute Gasteiger partial charge is 0.321 e. The molecule has 0 aliphatic carbocycles. The zero-order valence-corrected chi connectivity index (χ0v) is 18.8. The van der Waals surface area contributed by atoms with Gasteiger partial charge in [-0.2, -0.15) is 0 Å². The van der Waals surface area contributed by atoms with Gasteiger partial charge in [-0.1, -0.05) is 31.2 Å². The lowest BCUT2D eigenvalue weighted by Gasteiger charge is -2.12. The van der Waals surface area contributed by atoms with Crippen molar-refractivity contribution in [3.63, 3.8) is 0 Å². The molecule has 0 spiro atoms. The molecule has 1 aromatic heterocycles. The molecular weight excluding hydrogens is 439 g/mol.